The smallest absolute Gasteiger partial charge is 0.192 e. The van der Waals surface area contributed by atoms with Gasteiger partial charge in [-0.05, 0) is 30.6 Å². The van der Waals surface area contributed by atoms with Crippen LogP contribution in [0.5, 0.6) is 0 Å². The molecular formula is C16H26OSi. The van der Waals surface area contributed by atoms with Crippen molar-refractivity contribution in [1.29, 1.82) is 0 Å². The molecule has 0 bridgehead atoms. The number of hydrogen-bond acceptors (Lipinski definition) is 1. The molecule has 1 aromatic rings. The molecule has 1 atom stereocenters. The van der Waals surface area contributed by atoms with Crippen LogP contribution in [0.1, 0.15) is 33.3 Å². The van der Waals surface area contributed by atoms with Gasteiger partial charge in [0.05, 0.1) is 6.10 Å². The molecule has 1 unspecified atom stereocenters. The van der Waals surface area contributed by atoms with Crippen molar-refractivity contribution in [2.45, 2.75) is 51.9 Å². The number of hydrogen-bond donors (Lipinski definition) is 0. The van der Waals surface area contributed by atoms with Gasteiger partial charge in [-0.25, -0.2) is 0 Å². The molecule has 0 aliphatic rings. The highest BCUT2D eigenvalue weighted by Crippen LogP contribution is 2.23. The van der Waals surface area contributed by atoms with Gasteiger partial charge in [-0.3, -0.25) is 0 Å². The summed E-state index contributed by atoms with van der Waals surface area (Å²) in [7, 11) is -1.47. The molecule has 1 nitrogen and oxygen atoms in total. The van der Waals surface area contributed by atoms with E-state index in [9.17, 15) is 0 Å². The second-order valence-electron chi connectivity index (χ2n) is 4.84. The highest BCUT2D eigenvalue weighted by Gasteiger charge is 2.29. The van der Waals surface area contributed by atoms with Crippen LogP contribution in [0, 0.1) is 0 Å². The lowest BCUT2D eigenvalue weighted by Crippen LogP contribution is -2.38. The van der Waals surface area contributed by atoms with Crippen molar-refractivity contribution < 1.29 is 4.43 Å². The molecule has 0 fully saturated rings. The second-order valence-corrected chi connectivity index (χ2v) is 9.56. The van der Waals surface area contributed by atoms with Gasteiger partial charge in [-0.2, -0.15) is 0 Å². The van der Waals surface area contributed by atoms with Crippen LogP contribution >= 0.6 is 0 Å². The maximum atomic E-state index is 6.36. The van der Waals surface area contributed by atoms with E-state index in [0.29, 0.717) is 0 Å². The predicted octanol–water partition coefficient (Wildman–Crippen LogP) is 5.11. The molecule has 0 spiro atoms. The molecular weight excluding hydrogens is 236 g/mol. The zero-order valence-electron chi connectivity index (χ0n) is 12.1. The van der Waals surface area contributed by atoms with Crippen molar-refractivity contribution in [3.63, 3.8) is 0 Å². The van der Waals surface area contributed by atoms with E-state index >= 15 is 0 Å². The van der Waals surface area contributed by atoms with Crippen LogP contribution in [0.3, 0.4) is 0 Å². The highest BCUT2D eigenvalue weighted by molar-refractivity contribution is 6.73. The first-order valence-corrected chi connectivity index (χ1v) is 9.59. The first-order valence-electron chi connectivity index (χ1n) is 7.07. The number of rotatable bonds is 7. The lowest BCUT2D eigenvalue weighted by Gasteiger charge is -2.30. The van der Waals surface area contributed by atoms with Gasteiger partial charge in [0.1, 0.15) is 0 Å². The van der Waals surface area contributed by atoms with E-state index in [-0.39, 0.29) is 6.10 Å². The topological polar surface area (TPSA) is 9.23 Å². The summed E-state index contributed by atoms with van der Waals surface area (Å²) in [5, 5.41) is 0. The minimum Gasteiger partial charge on any atom is -0.411 e. The summed E-state index contributed by atoms with van der Waals surface area (Å²) in [4.78, 5) is 0. The molecule has 0 N–H and O–H groups in total. The third-order valence-corrected chi connectivity index (χ3v) is 8.47. The molecule has 0 aliphatic carbocycles. The Hall–Kier alpha value is -0.863. The van der Waals surface area contributed by atoms with E-state index in [4.69, 9.17) is 4.43 Å². The fraction of sp³-hybridized carbons (Fsp3) is 0.500. The SMILES string of the molecule is CC[Si](CC)(CC)OC(C)/C=C\c1ccccc1. The summed E-state index contributed by atoms with van der Waals surface area (Å²) in [5.74, 6) is 0. The summed E-state index contributed by atoms with van der Waals surface area (Å²) in [6, 6.07) is 14.0. The Morgan fingerprint density at radius 1 is 1.06 bits per heavy atom. The lowest BCUT2D eigenvalue weighted by atomic mass is 10.2. The Morgan fingerprint density at radius 3 is 2.11 bits per heavy atom. The molecule has 0 heterocycles. The van der Waals surface area contributed by atoms with Gasteiger partial charge in [0.25, 0.3) is 0 Å². The summed E-state index contributed by atoms with van der Waals surface area (Å²) in [5.41, 5.74) is 1.24. The summed E-state index contributed by atoms with van der Waals surface area (Å²) in [6.45, 7) is 8.97. The quantitative estimate of drug-likeness (QED) is 0.620. The molecule has 0 saturated carbocycles. The Kier molecular flexibility index (Phi) is 6.37. The van der Waals surface area contributed by atoms with E-state index in [0.717, 1.165) is 0 Å². The minimum atomic E-state index is -1.47. The molecule has 1 rings (SSSR count). The van der Waals surface area contributed by atoms with Crippen LogP contribution < -0.4 is 0 Å². The largest absolute Gasteiger partial charge is 0.411 e. The van der Waals surface area contributed by atoms with Crippen molar-refractivity contribution in [3.05, 3.63) is 42.0 Å². The predicted molar refractivity (Wildman–Crippen MR) is 83.2 cm³/mol. The maximum Gasteiger partial charge on any atom is 0.192 e. The van der Waals surface area contributed by atoms with E-state index in [1.165, 1.54) is 23.7 Å². The molecule has 18 heavy (non-hydrogen) atoms. The lowest BCUT2D eigenvalue weighted by molar-refractivity contribution is 0.253. The molecule has 0 aromatic heterocycles. The maximum absolute atomic E-state index is 6.36. The first-order chi connectivity index (χ1) is 8.65. The average molecular weight is 262 g/mol. The van der Waals surface area contributed by atoms with Gasteiger partial charge in [0.15, 0.2) is 8.32 Å². The van der Waals surface area contributed by atoms with Gasteiger partial charge < -0.3 is 4.43 Å². The zero-order valence-corrected chi connectivity index (χ0v) is 13.1. The zero-order chi connectivity index (χ0) is 13.4. The third-order valence-electron chi connectivity index (χ3n) is 3.73. The third kappa shape index (κ3) is 4.43. The monoisotopic (exact) mass is 262 g/mol. The fourth-order valence-corrected chi connectivity index (χ4v) is 5.11. The van der Waals surface area contributed by atoms with Crippen LogP contribution in [-0.2, 0) is 4.43 Å². The van der Waals surface area contributed by atoms with Gasteiger partial charge >= 0.3 is 0 Å². The van der Waals surface area contributed by atoms with Gasteiger partial charge in [-0.1, -0.05) is 63.3 Å². The summed E-state index contributed by atoms with van der Waals surface area (Å²) >= 11 is 0. The second kappa shape index (κ2) is 7.55. The highest BCUT2D eigenvalue weighted by atomic mass is 28.4. The van der Waals surface area contributed by atoms with Crippen molar-refractivity contribution in [2.24, 2.45) is 0 Å². The van der Waals surface area contributed by atoms with E-state index in [1.807, 2.05) is 6.07 Å². The molecule has 100 valence electrons. The van der Waals surface area contributed by atoms with Crippen LogP contribution in [0.25, 0.3) is 6.08 Å². The molecule has 0 saturated heterocycles. The molecule has 0 aliphatic heterocycles. The Balaban J connectivity index is 2.60. The van der Waals surface area contributed by atoms with Gasteiger partial charge in [-0.15, -0.1) is 0 Å². The Bertz CT molecular complexity index is 346. The number of benzene rings is 1. The van der Waals surface area contributed by atoms with Crippen molar-refractivity contribution in [3.8, 4) is 0 Å². The normalized spacial score (nSPS) is 14.0. The Morgan fingerprint density at radius 2 is 1.61 bits per heavy atom. The van der Waals surface area contributed by atoms with Crippen LogP contribution in [0.15, 0.2) is 36.4 Å². The summed E-state index contributed by atoms with van der Waals surface area (Å²) in [6.07, 6.45) is 4.56. The van der Waals surface area contributed by atoms with E-state index in [1.54, 1.807) is 0 Å². The van der Waals surface area contributed by atoms with E-state index < -0.39 is 8.32 Å². The van der Waals surface area contributed by atoms with Crippen LogP contribution in [0.4, 0.5) is 0 Å². The molecule has 0 amide bonds. The van der Waals surface area contributed by atoms with Gasteiger partial charge in [0, 0.05) is 0 Å². The van der Waals surface area contributed by atoms with Crippen molar-refractivity contribution in [2.75, 3.05) is 0 Å². The Labute approximate surface area is 113 Å². The van der Waals surface area contributed by atoms with Crippen LogP contribution in [0.2, 0.25) is 18.1 Å². The molecule has 0 radical (unpaired) electrons. The molecule has 1 aromatic carbocycles. The summed E-state index contributed by atoms with van der Waals surface area (Å²) < 4.78 is 6.36. The van der Waals surface area contributed by atoms with Crippen LogP contribution in [-0.4, -0.2) is 14.4 Å². The standard InChI is InChI=1S/C16H26OSi/c1-5-18(6-2,7-3)17-15(4)13-14-16-11-9-8-10-12-16/h8-15H,5-7H2,1-4H3/b14-13-. The minimum absolute atomic E-state index is 0.219. The molecule has 2 heteroatoms. The van der Waals surface area contributed by atoms with Crippen molar-refractivity contribution in [1.82, 2.24) is 0 Å². The average Bonchev–Trinajstić information content (AvgIpc) is 2.44. The first kappa shape index (κ1) is 15.2. The van der Waals surface area contributed by atoms with E-state index in [2.05, 4.69) is 64.1 Å². The van der Waals surface area contributed by atoms with Crippen molar-refractivity contribution >= 4 is 14.4 Å². The van der Waals surface area contributed by atoms with Gasteiger partial charge in [0.2, 0.25) is 0 Å². The fourth-order valence-electron chi connectivity index (χ4n) is 2.24.